The van der Waals surface area contributed by atoms with Crippen molar-refractivity contribution in [2.75, 3.05) is 21.5 Å². The molecule has 51 heavy (non-hydrogen) atoms. The smallest absolute Gasteiger partial charge is 0.265 e. The second kappa shape index (κ2) is 17.9. The number of nitrogens with zero attached hydrogens (tertiary/aromatic N) is 2. The van der Waals surface area contributed by atoms with Gasteiger partial charge >= 0.3 is 0 Å². The number of nitrogens with one attached hydrogen (secondary N) is 4. The highest BCUT2D eigenvalue weighted by Gasteiger charge is 2.19. The first-order valence-corrected chi connectivity index (χ1v) is 16.1. The predicted octanol–water partition coefficient (Wildman–Crippen LogP) is 9.94. The molecule has 0 fully saturated rings. The lowest BCUT2D eigenvalue weighted by Gasteiger charge is -2.09. The third kappa shape index (κ3) is 10.9. The molecule has 0 bridgehead atoms. The topological polar surface area (TPSA) is 133 Å². The third-order valence-corrected chi connectivity index (χ3v) is 7.38. The Bertz CT molecular complexity index is 2140. The van der Waals surface area contributed by atoms with Crippen molar-refractivity contribution < 1.29 is 18.4 Å². The number of anilines is 4. The number of benzene rings is 4. The summed E-state index contributed by atoms with van der Waals surface area (Å²) in [6, 6.07) is 34.3. The van der Waals surface area contributed by atoms with Crippen LogP contribution in [-0.4, -0.2) is 23.2 Å². The first kappa shape index (κ1) is 36.0. The van der Waals surface area contributed by atoms with Crippen molar-refractivity contribution in [2.45, 2.75) is 0 Å². The summed E-state index contributed by atoms with van der Waals surface area (Å²) in [5.74, 6) is 2.26. The molecule has 0 spiro atoms. The van der Waals surface area contributed by atoms with E-state index < -0.39 is 5.78 Å². The molecular formula is C38H27Cl3N6O4. The summed E-state index contributed by atoms with van der Waals surface area (Å²) in [6.45, 7) is 0. The van der Waals surface area contributed by atoms with Gasteiger partial charge in [-0.3, -0.25) is 20.4 Å². The average Bonchev–Trinajstić information content (AvgIpc) is 3.90. The average molecular weight is 738 g/mol. The molecule has 0 aliphatic heterocycles. The summed E-state index contributed by atoms with van der Waals surface area (Å²) in [4.78, 5) is 25.2. The van der Waals surface area contributed by atoms with Gasteiger partial charge in [0.2, 0.25) is 11.7 Å². The number of carbonyl (C=O) groups excluding carboxylic acids is 2. The fourth-order valence-electron chi connectivity index (χ4n) is 4.07. The molecule has 10 nitrogen and oxygen atoms in total. The molecule has 0 radical (unpaired) electrons. The molecule has 254 valence electrons. The molecule has 0 aliphatic carbocycles. The van der Waals surface area contributed by atoms with E-state index in [0.29, 0.717) is 37.8 Å². The second-order valence-corrected chi connectivity index (χ2v) is 11.6. The summed E-state index contributed by atoms with van der Waals surface area (Å²) >= 11 is 17.6. The number of hydrogen-bond acceptors (Lipinski definition) is 8. The van der Waals surface area contributed by atoms with E-state index >= 15 is 0 Å². The number of terminal acetylenes is 1. The number of halogens is 3. The Balaban J connectivity index is 0.000000198. The first-order valence-electron chi connectivity index (χ1n) is 15.0. The number of carbonyl (C=O) groups is 2. The zero-order chi connectivity index (χ0) is 36.0. The van der Waals surface area contributed by atoms with Crippen LogP contribution in [0, 0.1) is 12.3 Å². The van der Waals surface area contributed by atoms with Crippen LogP contribution in [0.4, 0.5) is 22.7 Å². The first-order chi connectivity index (χ1) is 24.8. The van der Waals surface area contributed by atoms with E-state index in [4.69, 9.17) is 50.1 Å². The van der Waals surface area contributed by atoms with E-state index in [1.807, 2.05) is 0 Å². The van der Waals surface area contributed by atoms with Crippen LogP contribution in [0.15, 0.2) is 153 Å². The number of amidine groups is 2. The van der Waals surface area contributed by atoms with Gasteiger partial charge < -0.3 is 19.5 Å². The molecule has 2 aromatic heterocycles. The van der Waals surface area contributed by atoms with Crippen molar-refractivity contribution in [3.8, 4) is 12.3 Å². The van der Waals surface area contributed by atoms with E-state index in [1.54, 1.807) is 121 Å². The van der Waals surface area contributed by atoms with Gasteiger partial charge in [0.05, 0.1) is 23.9 Å². The van der Waals surface area contributed by atoms with Gasteiger partial charge in [-0.1, -0.05) is 40.7 Å². The molecule has 4 N–H and O–H groups in total. The van der Waals surface area contributed by atoms with Gasteiger partial charge in [0.25, 0.3) is 11.6 Å². The largest absolute Gasteiger partial charge is 0.461 e. The Kier molecular flexibility index (Phi) is 12.7. The predicted molar refractivity (Wildman–Crippen MR) is 204 cm³/mol. The van der Waals surface area contributed by atoms with Crippen molar-refractivity contribution in [1.82, 2.24) is 0 Å². The van der Waals surface area contributed by atoms with E-state index in [-0.39, 0.29) is 29.0 Å². The number of Topliss-reactive ketones (excluding diaryl/α,β-unsaturated/α-hetero) is 2. The van der Waals surface area contributed by atoms with Crippen LogP contribution in [0.25, 0.3) is 0 Å². The van der Waals surface area contributed by atoms with E-state index in [0.717, 1.165) is 5.56 Å². The standard InChI is InChI=1S/C20H14ClN3O2.C18H13Cl2N3O2/c1-2-14-5-9-16(10-6-14)22-20(19(25)18-4-3-13-26-18)24-23-17-11-7-15(21)8-12-17;19-12-3-7-14(8-4-12)21-18(17(24)16-2-1-11-25-16)23-22-15-9-5-13(20)6-10-15/h1,3-13,23H,(H,22,24);1-11,22H,(H,21,23). The maximum Gasteiger partial charge on any atom is 0.265 e. The van der Waals surface area contributed by atoms with Crippen molar-refractivity contribution >= 4 is 80.8 Å². The minimum Gasteiger partial charge on any atom is -0.461 e. The number of rotatable bonds is 10. The highest BCUT2D eigenvalue weighted by atomic mass is 35.5. The van der Waals surface area contributed by atoms with Crippen LogP contribution < -0.4 is 21.5 Å². The molecule has 6 rings (SSSR count). The minimum atomic E-state index is -0.391. The number of ketones is 2. The molecule has 13 heteroatoms. The summed E-state index contributed by atoms with van der Waals surface area (Å²) in [5, 5.41) is 16.1. The number of hydrogen-bond donors (Lipinski definition) is 4. The lowest BCUT2D eigenvalue weighted by atomic mass is 10.2. The van der Waals surface area contributed by atoms with Crippen LogP contribution in [-0.2, 0) is 0 Å². The Morgan fingerprint density at radius 1 is 0.529 bits per heavy atom. The van der Waals surface area contributed by atoms with Gasteiger partial charge in [0.1, 0.15) is 0 Å². The lowest BCUT2D eigenvalue weighted by Crippen LogP contribution is -2.24. The molecule has 4 aromatic carbocycles. The van der Waals surface area contributed by atoms with E-state index in [2.05, 4.69) is 37.6 Å². The van der Waals surface area contributed by atoms with Crippen molar-refractivity contribution in [3.63, 3.8) is 0 Å². The maximum absolute atomic E-state index is 12.6. The molecule has 0 unspecified atom stereocenters. The minimum absolute atomic E-state index is 0.0726. The lowest BCUT2D eigenvalue weighted by molar-refractivity contribution is 0.103. The summed E-state index contributed by atoms with van der Waals surface area (Å²) in [6.07, 6.45) is 8.22. The fraction of sp³-hybridized carbons (Fsp3) is 0. The number of furan rings is 2. The van der Waals surface area contributed by atoms with Gasteiger partial charge in [0, 0.05) is 32.0 Å². The van der Waals surface area contributed by atoms with Gasteiger partial charge in [-0.15, -0.1) is 6.42 Å². The van der Waals surface area contributed by atoms with E-state index in [9.17, 15) is 9.59 Å². The van der Waals surface area contributed by atoms with Gasteiger partial charge in [-0.2, -0.15) is 10.2 Å². The Morgan fingerprint density at radius 3 is 1.22 bits per heavy atom. The summed E-state index contributed by atoms with van der Waals surface area (Å²) in [5.41, 5.74) is 9.10. The second-order valence-electron chi connectivity index (χ2n) is 10.2. The highest BCUT2D eigenvalue weighted by Crippen LogP contribution is 2.18. The van der Waals surface area contributed by atoms with Gasteiger partial charge in [-0.25, -0.2) is 0 Å². The van der Waals surface area contributed by atoms with Crippen molar-refractivity contribution in [3.05, 3.63) is 166 Å². The molecule has 0 aliphatic rings. The number of hydrazone groups is 2. The molecule has 0 amide bonds. The molecule has 6 aromatic rings. The van der Waals surface area contributed by atoms with Gasteiger partial charge in [0.15, 0.2) is 11.5 Å². The fourth-order valence-corrected chi connectivity index (χ4v) is 4.44. The quantitative estimate of drug-likeness (QED) is 0.0359. The zero-order valence-corrected chi connectivity index (χ0v) is 28.7. The van der Waals surface area contributed by atoms with Crippen molar-refractivity contribution in [2.24, 2.45) is 10.2 Å². The molecule has 0 saturated carbocycles. The zero-order valence-electron chi connectivity index (χ0n) is 26.4. The van der Waals surface area contributed by atoms with Crippen LogP contribution in [0.1, 0.15) is 26.7 Å². The molecular weight excluding hydrogens is 711 g/mol. The Morgan fingerprint density at radius 2 is 0.882 bits per heavy atom. The highest BCUT2D eigenvalue weighted by molar-refractivity contribution is 6.49. The Labute approximate surface area is 308 Å². The van der Waals surface area contributed by atoms with Crippen LogP contribution in [0.2, 0.25) is 15.1 Å². The normalized spacial score (nSPS) is 11.0. The van der Waals surface area contributed by atoms with Crippen LogP contribution >= 0.6 is 34.8 Å². The summed E-state index contributed by atoms with van der Waals surface area (Å²) < 4.78 is 10.3. The summed E-state index contributed by atoms with van der Waals surface area (Å²) in [7, 11) is 0. The van der Waals surface area contributed by atoms with E-state index in [1.165, 1.54) is 12.5 Å². The van der Waals surface area contributed by atoms with Crippen LogP contribution in [0.5, 0.6) is 0 Å². The Hall–Kier alpha value is -6.25. The third-order valence-electron chi connectivity index (χ3n) is 6.62. The monoisotopic (exact) mass is 736 g/mol. The molecule has 2 heterocycles. The van der Waals surface area contributed by atoms with Crippen LogP contribution in [0.3, 0.4) is 0 Å². The van der Waals surface area contributed by atoms with Crippen molar-refractivity contribution in [1.29, 1.82) is 0 Å². The molecule has 0 atom stereocenters. The van der Waals surface area contributed by atoms with Gasteiger partial charge in [-0.05, 0) is 121 Å². The SMILES string of the molecule is C#Cc1ccc(NC(=NNc2ccc(Cl)cc2)C(=O)c2ccco2)cc1.O=C(C(=NNc1ccc(Cl)cc1)Nc1ccc(Cl)cc1)c1ccco1. The maximum atomic E-state index is 12.6. The molecule has 0 saturated heterocycles.